The maximum Gasteiger partial charge on any atom is 0.161 e. The predicted octanol–water partition coefficient (Wildman–Crippen LogP) is -0.959. The van der Waals surface area contributed by atoms with Crippen LogP contribution < -0.4 is 5.32 Å². The lowest BCUT2D eigenvalue weighted by Crippen LogP contribution is -2.28. The molecule has 5 nitrogen and oxygen atoms in total. The van der Waals surface area contributed by atoms with Crippen LogP contribution in [0.25, 0.3) is 0 Å². The van der Waals surface area contributed by atoms with E-state index in [1.54, 1.807) is 0 Å². The van der Waals surface area contributed by atoms with Crippen LogP contribution in [-0.4, -0.2) is 29.8 Å². The molecule has 1 rings (SSSR count). The van der Waals surface area contributed by atoms with Crippen LogP contribution >= 0.6 is 0 Å². The largest absolute Gasteiger partial charge is 0.293 e. The Kier molecular flexibility index (Phi) is 1.29. The molecule has 1 aliphatic rings. The van der Waals surface area contributed by atoms with Crippen LogP contribution in [0.1, 0.15) is 0 Å². The maximum atomic E-state index is 9.89. The molecule has 0 unspecified atom stereocenters. The normalized spacial score (nSPS) is 19.2. The summed E-state index contributed by atoms with van der Waals surface area (Å²) in [6, 6.07) is 0. The average Bonchev–Trinajstić information content (AvgIpc) is 2.12. The molecular formula is C3H7N3O2. The lowest BCUT2D eigenvalue weighted by atomic mass is 10.7. The minimum absolute atomic E-state index is 0.382. The second-order valence-corrected chi connectivity index (χ2v) is 1.63. The molecule has 0 spiro atoms. The summed E-state index contributed by atoms with van der Waals surface area (Å²) in [4.78, 5) is 9.89. The number of hydrogen-bond donors (Lipinski definition) is 1. The Balaban J connectivity index is 2.35. The average molecular weight is 117 g/mol. The molecule has 1 heterocycles. The van der Waals surface area contributed by atoms with E-state index in [9.17, 15) is 10.1 Å². The Labute approximate surface area is 46.4 Å². The molecule has 0 bridgehead atoms. The molecule has 0 aromatic carbocycles. The van der Waals surface area contributed by atoms with E-state index < -0.39 is 0 Å². The van der Waals surface area contributed by atoms with Crippen LogP contribution in [0.5, 0.6) is 0 Å². The second kappa shape index (κ2) is 1.95. The van der Waals surface area contributed by atoms with E-state index in [4.69, 9.17) is 0 Å². The Hall–Kier alpha value is -0.840. The summed E-state index contributed by atoms with van der Waals surface area (Å²) in [5.41, 5.74) is 0. The minimum atomic E-state index is -0.389. The zero-order valence-corrected chi connectivity index (χ0v) is 4.33. The van der Waals surface area contributed by atoms with Gasteiger partial charge in [-0.25, -0.2) is 10.1 Å². The third-order valence-electron chi connectivity index (χ3n) is 1.07. The lowest BCUT2D eigenvalue weighted by molar-refractivity contribution is -0.651. The summed E-state index contributed by atoms with van der Waals surface area (Å²) >= 11 is 0. The van der Waals surface area contributed by atoms with Crippen molar-refractivity contribution in [3.8, 4) is 0 Å². The number of rotatable bonds is 1. The van der Waals surface area contributed by atoms with E-state index in [1.807, 2.05) is 0 Å². The van der Waals surface area contributed by atoms with Gasteiger partial charge in [-0.2, -0.15) is 0 Å². The van der Waals surface area contributed by atoms with Gasteiger partial charge in [0.15, 0.2) is 5.03 Å². The molecule has 0 saturated carbocycles. The molecule has 0 amide bonds. The molecule has 1 fully saturated rings. The van der Waals surface area contributed by atoms with Gasteiger partial charge in [0.2, 0.25) is 0 Å². The quantitative estimate of drug-likeness (QED) is 0.355. The fourth-order valence-electron chi connectivity index (χ4n) is 0.635. The molecule has 46 valence electrons. The third kappa shape index (κ3) is 0.865. The topological polar surface area (TPSA) is 58.4 Å². The first-order valence-corrected chi connectivity index (χ1v) is 2.40. The Morgan fingerprint density at radius 2 is 2.50 bits per heavy atom. The predicted molar refractivity (Wildman–Crippen MR) is 26.6 cm³/mol. The number of hydrogen-bond acceptors (Lipinski definition) is 3. The molecule has 0 aromatic heterocycles. The Morgan fingerprint density at radius 3 is 2.75 bits per heavy atom. The van der Waals surface area contributed by atoms with E-state index in [0.717, 1.165) is 11.6 Å². The molecule has 1 N–H and O–H groups in total. The van der Waals surface area contributed by atoms with Crippen LogP contribution in [-0.2, 0) is 0 Å². The number of nitrogens with zero attached hydrogens (tertiary/aromatic N) is 2. The number of nitro groups is 1. The maximum absolute atomic E-state index is 9.89. The zero-order valence-electron chi connectivity index (χ0n) is 4.33. The summed E-state index contributed by atoms with van der Waals surface area (Å²) in [5.74, 6) is 0. The summed E-state index contributed by atoms with van der Waals surface area (Å²) < 4.78 is 0. The zero-order chi connectivity index (χ0) is 5.98. The first-order chi connectivity index (χ1) is 3.80. The van der Waals surface area contributed by atoms with Crippen LogP contribution in [0.15, 0.2) is 0 Å². The smallest absolute Gasteiger partial charge is 0.161 e. The molecule has 8 heavy (non-hydrogen) atoms. The molecule has 0 radical (unpaired) electrons. The first-order valence-electron chi connectivity index (χ1n) is 2.40. The van der Waals surface area contributed by atoms with Crippen LogP contribution in [0, 0.1) is 10.1 Å². The van der Waals surface area contributed by atoms with Gasteiger partial charge in [-0.15, -0.1) is 5.01 Å². The lowest BCUT2D eigenvalue weighted by Gasteiger charge is -2.00. The highest BCUT2D eigenvalue weighted by molar-refractivity contribution is 4.55. The van der Waals surface area contributed by atoms with Gasteiger partial charge < -0.3 is 0 Å². The van der Waals surface area contributed by atoms with E-state index in [1.165, 1.54) is 0 Å². The third-order valence-corrected chi connectivity index (χ3v) is 1.07. The highest BCUT2D eigenvalue weighted by Gasteiger charge is 2.17. The first kappa shape index (κ1) is 5.30. The van der Waals surface area contributed by atoms with Gasteiger partial charge in [-0.1, -0.05) is 0 Å². The van der Waals surface area contributed by atoms with Crippen molar-refractivity contribution in [2.24, 2.45) is 0 Å². The van der Waals surface area contributed by atoms with Crippen molar-refractivity contribution in [2.45, 2.75) is 0 Å². The van der Waals surface area contributed by atoms with E-state index in [2.05, 4.69) is 5.32 Å². The van der Waals surface area contributed by atoms with Crippen LogP contribution in [0.4, 0.5) is 0 Å². The summed E-state index contributed by atoms with van der Waals surface area (Å²) in [6.45, 7) is 1.63. The SMILES string of the molecule is O=[N+]([O-])N1CCNC1. The van der Waals surface area contributed by atoms with Gasteiger partial charge in [-0.05, 0) is 0 Å². The molecule has 5 heteroatoms. The van der Waals surface area contributed by atoms with Crippen molar-refractivity contribution in [3.63, 3.8) is 0 Å². The second-order valence-electron chi connectivity index (χ2n) is 1.63. The minimum Gasteiger partial charge on any atom is -0.293 e. The van der Waals surface area contributed by atoms with Gasteiger partial charge in [0.1, 0.15) is 6.67 Å². The van der Waals surface area contributed by atoms with Gasteiger partial charge in [-0.3, -0.25) is 5.32 Å². The van der Waals surface area contributed by atoms with Crippen molar-refractivity contribution in [2.75, 3.05) is 19.8 Å². The van der Waals surface area contributed by atoms with Crippen molar-refractivity contribution < 1.29 is 5.03 Å². The summed E-state index contributed by atoms with van der Waals surface area (Å²) in [5, 5.41) is 13.5. The van der Waals surface area contributed by atoms with Crippen molar-refractivity contribution in [3.05, 3.63) is 10.1 Å². The van der Waals surface area contributed by atoms with Gasteiger partial charge in [0.05, 0.1) is 6.54 Å². The van der Waals surface area contributed by atoms with E-state index in [0.29, 0.717) is 13.2 Å². The molecule has 1 aliphatic heterocycles. The summed E-state index contributed by atoms with van der Waals surface area (Å²) in [6.07, 6.45) is 0. The molecular weight excluding hydrogens is 110 g/mol. The van der Waals surface area contributed by atoms with E-state index in [-0.39, 0.29) is 5.03 Å². The molecule has 0 aromatic rings. The monoisotopic (exact) mass is 117 g/mol. The van der Waals surface area contributed by atoms with Crippen LogP contribution in [0.3, 0.4) is 0 Å². The molecule has 0 aliphatic carbocycles. The van der Waals surface area contributed by atoms with Crippen LogP contribution in [0.2, 0.25) is 0 Å². The van der Waals surface area contributed by atoms with Gasteiger partial charge in [0.25, 0.3) is 0 Å². The Morgan fingerprint density at radius 1 is 1.75 bits per heavy atom. The standard InChI is InChI=1S/C3H7N3O2/c7-6(8)5-2-1-4-3-5/h4H,1-3H2. The highest BCUT2D eigenvalue weighted by Crippen LogP contribution is 1.89. The molecule has 0 atom stereocenters. The fourth-order valence-corrected chi connectivity index (χ4v) is 0.635. The van der Waals surface area contributed by atoms with Crippen molar-refractivity contribution in [1.82, 2.24) is 10.3 Å². The van der Waals surface area contributed by atoms with Crippen molar-refractivity contribution >= 4 is 0 Å². The van der Waals surface area contributed by atoms with Crippen molar-refractivity contribution in [1.29, 1.82) is 0 Å². The molecule has 1 saturated heterocycles. The Bertz CT molecular complexity index is 98.7. The van der Waals surface area contributed by atoms with E-state index >= 15 is 0 Å². The number of hydrazine groups is 1. The van der Waals surface area contributed by atoms with Gasteiger partial charge in [0, 0.05) is 6.54 Å². The number of nitrogens with one attached hydrogen (secondary N) is 1. The fraction of sp³-hybridized carbons (Fsp3) is 1.00. The summed E-state index contributed by atoms with van der Waals surface area (Å²) in [7, 11) is 0. The highest BCUT2D eigenvalue weighted by atomic mass is 16.7. The van der Waals surface area contributed by atoms with Gasteiger partial charge >= 0.3 is 0 Å².